The van der Waals surface area contributed by atoms with Crippen molar-refractivity contribution in [3.05, 3.63) is 53.7 Å². The summed E-state index contributed by atoms with van der Waals surface area (Å²) in [5, 5.41) is 0. The van der Waals surface area contributed by atoms with Crippen LogP contribution in [0.25, 0.3) is 17.5 Å². The highest BCUT2D eigenvalue weighted by atomic mass is 15.1. The molecule has 2 nitrogen and oxygen atoms in total. The van der Waals surface area contributed by atoms with Gasteiger partial charge in [-0.05, 0) is 31.3 Å². The van der Waals surface area contributed by atoms with E-state index in [0.29, 0.717) is 0 Å². The second kappa shape index (κ2) is 4.42. The van der Waals surface area contributed by atoms with Gasteiger partial charge in [-0.25, -0.2) is 0 Å². The molecule has 1 aromatic rings. The molecule has 0 saturated heterocycles. The third-order valence-corrected chi connectivity index (χ3v) is 3.01. The normalized spacial score (nSPS) is 14.8. The fourth-order valence-corrected chi connectivity index (χ4v) is 1.93. The number of benzene rings is 1. The van der Waals surface area contributed by atoms with Crippen LogP contribution >= 0.6 is 0 Å². The van der Waals surface area contributed by atoms with E-state index < -0.39 is 0 Å². The molecule has 1 aliphatic heterocycles. The van der Waals surface area contributed by atoms with Gasteiger partial charge in [-0.15, -0.1) is 0 Å². The highest BCUT2D eigenvalue weighted by molar-refractivity contribution is 5.80. The maximum atomic E-state index is 4.10. The van der Waals surface area contributed by atoms with E-state index in [2.05, 4.69) is 42.6 Å². The summed E-state index contributed by atoms with van der Waals surface area (Å²) in [6, 6.07) is 6.27. The van der Waals surface area contributed by atoms with Crippen LogP contribution in [0.5, 0.6) is 0 Å². The molecule has 0 spiro atoms. The minimum absolute atomic E-state index is 0.901. The zero-order chi connectivity index (χ0) is 12.4. The Balaban J connectivity index is 2.54. The van der Waals surface area contributed by atoms with E-state index in [-0.39, 0.29) is 0 Å². The molecule has 2 rings (SSSR count). The van der Waals surface area contributed by atoms with Gasteiger partial charge in [0.1, 0.15) is 0 Å². The minimum atomic E-state index is 0.901. The van der Waals surface area contributed by atoms with Crippen molar-refractivity contribution in [3.8, 4) is 0 Å². The summed E-state index contributed by atoms with van der Waals surface area (Å²) >= 11 is 0. The maximum Gasteiger partial charge on any atom is 0.0652 e. The predicted molar refractivity (Wildman–Crippen MR) is 75.5 cm³/mol. The second-order valence-corrected chi connectivity index (χ2v) is 4.01. The number of rotatable bonds is 2. The zero-order valence-corrected chi connectivity index (χ0v) is 10.3. The van der Waals surface area contributed by atoms with Gasteiger partial charge in [0.05, 0.1) is 5.70 Å². The molecule has 2 heteroatoms. The van der Waals surface area contributed by atoms with Crippen LogP contribution in [0.4, 0.5) is 0 Å². The number of hydrogen-bond donors (Lipinski definition) is 0. The first-order valence-electron chi connectivity index (χ1n) is 5.55. The Bertz CT molecular complexity index is 536. The summed E-state index contributed by atoms with van der Waals surface area (Å²) in [5.41, 5.74) is 5.32. The fourth-order valence-electron chi connectivity index (χ4n) is 1.93. The van der Waals surface area contributed by atoms with Crippen LogP contribution in [0.1, 0.15) is 23.6 Å². The van der Waals surface area contributed by atoms with Gasteiger partial charge in [-0.1, -0.05) is 24.8 Å². The highest BCUT2D eigenvalue weighted by Gasteiger charge is 2.13. The largest absolute Gasteiger partial charge is 0.351 e. The van der Waals surface area contributed by atoms with E-state index in [4.69, 9.17) is 0 Å². The minimum Gasteiger partial charge on any atom is -0.351 e. The molecule has 0 fully saturated rings. The standard InChI is InChI=1S/C15H16N2/c1-5-15(16-3)13-7-6-12-8-9-17(4)11(2)14(12)10-13/h5-10H,2-3H2,1,4H3/b15-5-. The first-order chi connectivity index (χ1) is 8.17. The van der Waals surface area contributed by atoms with Crippen LogP contribution in [-0.4, -0.2) is 18.7 Å². The molecule has 0 aliphatic carbocycles. The molecule has 0 saturated carbocycles. The molecule has 0 unspecified atom stereocenters. The van der Waals surface area contributed by atoms with Crippen molar-refractivity contribution in [2.24, 2.45) is 4.99 Å². The fraction of sp³-hybridized carbons (Fsp3) is 0.133. The number of aliphatic imine (C=N–C) groups is 1. The van der Waals surface area contributed by atoms with Crippen molar-refractivity contribution in [1.82, 2.24) is 4.90 Å². The van der Waals surface area contributed by atoms with E-state index in [9.17, 15) is 0 Å². The van der Waals surface area contributed by atoms with Gasteiger partial charge in [-0.3, -0.25) is 4.99 Å². The van der Waals surface area contributed by atoms with Gasteiger partial charge in [-0.2, -0.15) is 0 Å². The molecule has 0 atom stereocenters. The number of fused-ring (bicyclic) bond motifs is 1. The van der Waals surface area contributed by atoms with Crippen LogP contribution in [0.3, 0.4) is 0 Å². The van der Waals surface area contributed by atoms with Crippen molar-refractivity contribution < 1.29 is 0 Å². The van der Waals surface area contributed by atoms with Crippen LogP contribution in [0.15, 0.2) is 42.0 Å². The lowest BCUT2D eigenvalue weighted by Crippen LogP contribution is -2.12. The smallest absolute Gasteiger partial charge is 0.0652 e. The number of allylic oxidation sites excluding steroid dienone is 1. The van der Waals surface area contributed by atoms with E-state index in [1.807, 2.05) is 31.1 Å². The molecule has 86 valence electrons. The van der Waals surface area contributed by atoms with Crippen LogP contribution < -0.4 is 0 Å². The predicted octanol–water partition coefficient (Wildman–Crippen LogP) is 3.63. The molecule has 17 heavy (non-hydrogen) atoms. The topological polar surface area (TPSA) is 15.6 Å². The summed E-state index contributed by atoms with van der Waals surface area (Å²) in [6.07, 6.45) is 6.07. The quantitative estimate of drug-likeness (QED) is 0.700. The number of nitrogens with zero attached hydrogens (tertiary/aromatic N) is 2. The van der Waals surface area contributed by atoms with Crippen LogP contribution in [0.2, 0.25) is 0 Å². The molecule has 1 aromatic carbocycles. The van der Waals surface area contributed by atoms with E-state index in [1.165, 1.54) is 5.56 Å². The average molecular weight is 224 g/mol. The Morgan fingerprint density at radius 2 is 2.18 bits per heavy atom. The molecule has 0 aromatic heterocycles. The Hall–Kier alpha value is -2.09. The third-order valence-electron chi connectivity index (χ3n) is 3.01. The van der Waals surface area contributed by atoms with Gasteiger partial charge in [0.15, 0.2) is 0 Å². The summed E-state index contributed by atoms with van der Waals surface area (Å²) < 4.78 is 0. The summed E-state index contributed by atoms with van der Waals surface area (Å²) in [6.45, 7) is 9.65. The second-order valence-electron chi connectivity index (χ2n) is 4.01. The van der Waals surface area contributed by atoms with Crippen molar-refractivity contribution in [1.29, 1.82) is 0 Å². The lowest BCUT2D eigenvalue weighted by molar-refractivity contribution is 0.656. The van der Waals surface area contributed by atoms with Gasteiger partial charge in [0, 0.05) is 30.1 Å². The molecule has 0 amide bonds. The third kappa shape index (κ3) is 1.94. The van der Waals surface area contributed by atoms with Crippen LogP contribution in [-0.2, 0) is 0 Å². The SMILES string of the molecule is C=N/C(=C\C)c1ccc2c(c1)C(=C)N(C)C=C2. The zero-order valence-electron chi connectivity index (χ0n) is 10.3. The molecule has 1 heterocycles. The Morgan fingerprint density at radius 1 is 1.41 bits per heavy atom. The average Bonchev–Trinajstić information content (AvgIpc) is 2.36. The van der Waals surface area contributed by atoms with Gasteiger partial charge in [0.2, 0.25) is 0 Å². The molecule has 0 N–H and O–H groups in total. The first kappa shape index (κ1) is 11.4. The Labute approximate surface area is 102 Å². The van der Waals surface area contributed by atoms with E-state index >= 15 is 0 Å². The number of hydrogen-bond acceptors (Lipinski definition) is 2. The summed E-state index contributed by atoms with van der Waals surface area (Å²) in [7, 11) is 2.00. The molecular weight excluding hydrogens is 208 g/mol. The van der Waals surface area contributed by atoms with Crippen molar-refractivity contribution in [3.63, 3.8) is 0 Å². The molecule has 0 radical (unpaired) electrons. The molecular formula is C15H16N2. The molecule has 0 bridgehead atoms. The molecule has 1 aliphatic rings. The highest BCUT2D eigenvalue weighted by Crippen LogP contribution is 2.29. The first-order valence-corrected chi connectivity index (χ1v) is 5.55. The Morgan fingerprint density at radius 3 is 2.82 bits per heavy atom. The van der Waals surface area contributed by atoms with Gasteiger partial charge in [0.25, 0.3) is 0 Å². The lowest BCUT2D eigenvalue weighted by Gasteiger charge is -2.24. The van der Waals surface area contributed by atoms with Gasteiger partial charge >= 0.3 is 0 Å². The van der Waals surface area contributed by atoms with E-state index in [1.54, 1.807) is 0 Å². The Kier molecular flexibility index (Phi) is 2.96. The monoisotopic (exact) mass is 224 g/mol. The lowest BCUT2D eigenvalue weighted by atomic mass is 9.97. The summed E-state index contributed by atoms with van der Waals surface area (Å²) in [5.74, 6) is 0. The van der Waals surface area contributed by atoms with Crippen molar-refractivity contribution in [2.75, 3.05) is 7.05 Å². The van der Waals surface area contributed by atoms with E-state index in [0.717, 1.165) is 22.5 Å². The summed E-state index contributed by atoms with van der Waals surface area (Å²) in [4.78, 5) is 6.04. The van der Waals surface area contributed by atoms with Crippen LogP contribution in [0, 0.1) is 0 Å². The maximum absolute atomic E-state index is 4.10. The van der Waals surface area contributed by atoms with Crippen molar-refractivity contribution >= 4 is 24.2 Å². The van der Waals surface area contributed by atoms with Crippen molar-refractivity contribution in [2.45, 2.75) is 6.92 Å². The van der Waals surface area contributed by atoms with Gasteiger partial charge < -0.3 is 4.90 Å².